The predicted octanol–water partition coefficient (Wildman–Crippen LogP) is 5.11. The number of ether oxygens (including phenoxy) is 1. The average molecular weight is 350 g/mol. The first-order valence-electron chi connectivity index (χ1n) is 8.93. The van der Waals surface area contributed by atoms with Crippen molar-refractivity contribution in [3.05, 3.63) is 29.8 Å². The minimum absolute atomic E-state index is 0.103. The molecule has 134 valence electrons. The minimum Gasteiger partial charge on any atom is -0.381 e. The van der Waals surface area contributed by atoms with E-state index in [-0.39, 0.29) is 11.3 Å². The molecule has 1 saturated heterocycles. The molecule has 1 aliphatic heterocycles. The molecule has 1 atom stereocenters. The fraction of sp³-hybridized carbons (Fsp3) is 0.650. The smallest absolute Gasteiger partial charge is 0.224 e. The average Bonchev–Trinajstić information content (AvgIpc) is 2.53. The highest BCUT2D eigenvalue weighted by Crippen LogP contribution is 2.29. The van der Waals surface area contributed by atoms with Crippen molar-refractivity contribution in [2.45, 2.75) is 58.0 Å². The molecule has 0 saturated carbocycles. The lowest BCUT2D eigenvalue weighted by molar-refractivity contribution is -0.117. The number of hydrogen-bond donors (Lipinski definition) is 1. The van der Waals surface area contributed by atoms with Crippen LogP contribution in [0.2, 0.25) is 0 Å². The summed E-state index contributed by atoms with van der Waals surface area (Å²) in [6.07, 6.45) is 2.85. The number of thioether (sulfide) groups is 1. The van der Waals surface area contributed by atoms with E-state index in [1.54, 1.807) is 0 Å². The van der Waals surface area contributed by atoms with E-state index in [1.165, 1.54) is 5.56 Å². The summed E-state index contributed by atoms with van der Waals surface area (Å²) < 4.78 is 5.41. The third-order valence-corrected chi connectivity index (χ3v) is 6.28. The molecule has 1 unspecified atom stereocenters. The van der Waals surface area contributed by atoms with Crippen LogP contribution in [0.1, 0.15) is 52.5 Å². The number of anilines is 1. The van der Waals surface area contributed by atoms with Gasteiger partial charge in [0.25, 0.3) is 0 Å². The van der Waals surface area contributed by atoms with Gasteiger partial charge in [-0.3, -0.25) is 4.79 Å². The summed E-state index contributed by atoms with van der Waals surface area (Å²) in [6.45, 7) is 10.5. The van der Waals surface area contributed by atoms with E-state index in [9.17, 15) is 4.79 Å². The van der Waals surface area contributed by atoms with Crippen molar-refractivity contribution < 1.29 is 9.53 Å². The van der Waals surface area contributed by atoms with Crippen molar-refractivity contribution in [3.8, 4) is 0 Å². The second-order valence-corrected chi connectivity index (χ2v) is 9.13. The molecule has 1 aliphatic rings. The lowest BCUT2D eigenvalue weighted by Crippen LogP contribution is -2.23. The van der Waals surface area contributed by atoms with Gasteiger partial charge in [-0.15, -0.1) is 0 Å². The lowest BCUT2D eigenvalue weighted by atomic mass is 9.80. The first-order chi connectivity index (χ1) is 11.3. The quantitative estimate of drug-likeness (QED) is 0.775. The normalized spacial score (nSPS) is 17.5. The number of carbonyl (C=O) groups is 1. The van der Waals surface area contributed by atoms with Crippen LogP contribution in [0, 0.1) is 11.3 Å². The number of benzene rings is 1. The molecule has 1 aromatic carbocycles. The van der Waals surface area contributed by atoms with E-state index in [0.29, 0.717) is 17.6 Å². The van der Waals surface area contributed by atoms with Crippen LogP contribution < -0.4 is 5.32 Å². The van der Waals surface area contributed by atoms with E-state index in [0.717, 1.165) is 37.5 Å². The van der Waals surface area contributed by atoms with Crippen LogP contribution in [0.25, 0.3) is 0 Å². The van der Waals surface area contributed by atoms with Gasteiger partial charge in [0.2, 0.25) is 5.91 Å². The fourth-order valence-electron chi connectivity index (χ4n) is 2.59. The zero-order chi connectivity index (χ0) is 17.6. The summed E-state index contributed by atoms with van der Waals surface area (Å²) in [5.41, 5.74) is 2.33. The highest BCUT2D eigenvalue weighted by atomic mass is 32.2. The van der Waals surface area contributed by atoms with Crippen molar-refractivity contribution in [2.24, 2.45) is 11.3 Å². The van der Waals surface area contributed by atoms with Crippen LogP contribution in [-0.4, -0.2) is 24.4 Å². The Labute approximate surface area is 150 Å². The molecule has 2 rings (SSSR count). The molecule has 1 heterocycles. The minimum atomic E-state index is 0.103. The first kappa shape index (κ1) is 19.3. The van der Waals surface area contributed by atoms with Gasteiger partial charge in [0, 0.05) is 36.3 Å². The summed E-state index contributed by atoms with van der Waals surface area (Å²) in [6, 6.07) is 8.25. The first-order valence-corrected chi connectivity index (χ1v) is 9.97. The molecule has 0 aromatic heterocycles. The molecule has 1 amide bonds. The van der Waals surface area contributed by atoms with Crippen molar-refractivity contribution in [3.63, 3.8) is 0 Å². The van der Waals surface area contributed by atoms with Gasteiger partial charge in [-0.1, -0.05) is 39.8 Å². The summed E-state index contributed by atoms with van der Waals surface area (Å²) in [4.78, 5) is 12.3. The molecule has 1 fully saturated rings. The molecule has 0 spiro atoms. The Morgan fingerprint density at radius 2 is 2.04 bits per heavy atom. The van der Waals surface area contributed by atoms with E-state index in [2.05, 4.69) is 45.1 Å². The maximum absolute atomic E-state index is 12.3. The van der Waals surface area contributed by atoms with E-state index in [1.807, 2.05) is 23.9 Å². The molecule has 3 nitrogen and oxygen atoms in total. The van der Waals surface area contributed by atoms with Gasteiger partial charge < -0.3 is 10.1 Å². The van der Waals surface area contributed by atoms with Gasteiger partial charge in [0.1, 0.15) is 0 Å². The lowest BCUT2D eigenvalue weighted by Gasteiger charge is -2.26. The maximum atomic E-state index is 12.3. The van der Waals surface area contributed by atoms with Crippen molar-refractivity contribution in [1.29, 1.82) is 0 Å². The Balaban J connectivity index is 1.84. The number of amides is 1. The van der Waals surface area contributed by atoms with Crippen molar-refractivity contribution >= 4 is 23.4 Å². The highest BCUT2D eigenvalue weighted by Gasteiger charge is 2.22. The van der Waals surface area contributed by atoms with E-state index in [4.69, 9.17) is 4.74 Å². The highest BCUT2D eigenvalue weighted by molar-refractivity contribution is 7.99. The molecule has 4 heteroatoms. The fourth-order valence-corrected chi connectivity index (χ4v) is 3.73. The Morgan fingerprint density at radius 3 is 2.71 bits per heavy atom. The summed E-state index contributed by atoms with van der Waals surface area (Å²) in [5.74, 6) is 1.45. The van der Waals surface area contributed by atoms with Crippen LogP contribution in [-0.2, 0) is 15.3 Å². The molecule has 1 aromatic rings. The Bertz CT molecular complexity index is 533. The van der Waals surface area contributed by atoms with Crippen LogP contribution >= 0.6 is 11.8 Å². The molecule has 0 bridgehead atoms. The maximum Gasteiger partial charge on any atom is 0.224 e. The van der Waals surface area contributed by atoms with E-state index < -0.39 is 0 Å². The Hall–Kier alpha value is -1.00. The summed E-state index contributed by atoms with van der Waals surface area (Å²) in [7, 11) is 0. The number of carbonyl (C=O) groups excluding carboxylic acids is 1. The van der Waals surface area contributed by atoms with Gasteiger partial charge >= 0.3 is 0 Å². The molecule has 0 radical (unpaired) electrons. The second kappa shape index (κ2) is 8.91. The summed E-state index contributed by atoms with van der Waals surface area (Å²) in [5, 5.41) is 3.75. The Morgan fingerprint density at radius 1 is 1.33 bits per heavy atom. The summed E-state index contributed by atoms with van der Waals surface area (Å²) >= 11 is 2.00. The van der Waals surface area contributed by atoms with Gasteiger partial charge in [0.15, 0.2) is 0 Å². The van der Waals surface area contributed by atoms with Gasteiger partial charge in [-0.2, -0.15) is 11.8 Å². The SMILES string of the molecule is CC(CC(=O)Nc1cccc(CSC2CCOCC2)c1)C(C)(C)C. The van der Waals surface area contributed by atoms with Crippen molar-refractivity contribution in [2.75, 3.05) is 18.5 Å². The van der Waals surface area contributed by atoms with Gasteiger partial charge in [0.05, 0.1) is 0 Å². The number of hydrogen-bond acceptors (Lipinski definition) is 3. The molecule has 1 N–H and O–H groups in total. The van der Waals surface area contributed by atoms with Crippen LogP contribution in [0.3, 0.4) is 0 Å². The van der Waals surface area contributed by atoms with Crippen LogP contribution in [0.5, 0.6) is 0 Å². The zero-order valence-corrected chi connectivity index (χ0v) is 16.2. The molecule has 24 heavy (non-hydrogen) atoms. The molecule has 0 aliphatic carbocycles. The third kappa shape index (κ3) is 6.48. The largest absolute Gasteiger partial charge is 0.381 e. The number of nitrogens with one attached hydrogen (secondary N) is 1. The van der Waals surface area contributed by atoms with Gasteiger partial charge in [-0.05, 0) is 41.9 Å². The Kier molecular flexibility index (Phi) is 7.17. The van der Waals surface area contributed by atoms with Crippen molar-refractivity contribution in [1.82, 2.24) is 0 Å². The topological polar surface area (TPSA) is 38.3 Å². The second-order valence-electron chi connectivity index (χ2n) is 7.84. The van der Waals surface area contributed by atoms with Gasteiger partial charge in [-0.25, -0.2) is 0 Å². The van der Waals surface area contributed by atoms with Crippen LogP contribution in [0.4, 0.5) is 5.69 Å². The monoisotopic (exact) mass is 349 g/mol. The molecular formula is C20H31NO2S. The molecular weight excluding hydrogens is 318 g/mol. The van der Waals surface area contributed by atoms with Crippen LogP contribution in [0.15, 0.2) is 24.3 Å². The zero-order valence-electron chi connectivity index (χ0n) is 15.4. The number of rotatable bonds is 6. The predicted molar refractivity (Wildman–Crippen MR) is 103 cm³/mol. The van der Waals surface area contributed by atoms with E-state index >= 15 is 0 Å². The standard InChI is InChI=1S/C20H31NO2S/c1-15(20(2,3)4)12-19(22)21-17-7-5-6-16(13-17)14-24-18-8-10-23-11-9-18/h5-7,13,15,18H,8-12,14H2,1-4H3,(H,21,22). The third-order valence-electron chi connectivity index (χ3n) is 4.83.